The van der Waals surface area contributed by atoms with Gasteiger partial charge in [0.25, 0.3) is 0 Å². The van der Waals surface area contributed by atoms with Gasteiger partial charge in [-0.25, -0.2) is 0 Å². The summed E-state index contributed by atoms with van der Waals surface area (Å²) in [4.78, 5) is 0.464. The summed E-state index contributed by atoms with van der Waals surface area (Å²) in [6.45, 7) is 4.45. The van der Waals surface area contributed by atoms with E-state index in [9.17, 15) is 0 Å². The average Bonchev–Trinajstić information content (AvgIpc) is 2.15. The third kappa shape index (κ3) is 3.13. The topological polar surface area (TPSA) is 68.3 Å². The van der Waals surface area contributed by atoms with Crippen LogP contribution in [0.3, 0.4) is 0 Å². The Bertz CT molecular complexity index is 270. The quantitative estimate of drug-likeness (QED) is 0.764. The van der Waals surface area contributed by atoms with Crippen LogP contribution in [0.25, 0.3) is 0 Å². The fraction of sp³-hybridized carbons (Fsp3) is 0.667. The largest absolute Gasteiger partial charge is 0.471 e. The van der Waals surface area contributed by atoms with Gasteiger partial charge in [-0.05, 0) is 13.8 Å². The van der Waals surface area contributed by atoms with Crippen molar-refractivity contribution in [3.05, 3.63) is 10.8 Å². The second kappa shape index (κ2) is 5.13. The predicted octanol–water partition coefficient (Wildman–Crippen LogP) is 1.19. The minimum atomic E-state index is -0.0421. The number of nitrogens with two attached hydrogens (primary N) is 1. The van der Waals surface area contributed by atoms with Gasteiger partial charge in [-0.3, -0.25) is 0 Å². The number of nitriles is 1. The molecule has 1 aliphatic heterocycles. The molecule has 0 aromatic rings. The maximum Gasteiger partial charge on any atom is 0.209 e. The Morgan fingerprint density at radius 2 is 2.50 bits per heavy atom. The molecule has 0 radical (unpaired) electrons. The van der Waals surface area contributed by atoms with Crippen LogP contribution < -0.4 is 5.73 Å². The third-order valence-corrected chi connectivity index (χ3v) is 2.77. The molecular formula is C9H14N2O2S. The van der Waals surface area contributed by atoms with Gasteiger partial charge in [0.1, 0.15) is 17.1 Å². The van der Waals surface area contributed by atoms with E-state index in [0.29, 0.717) is 11.5 Å². The van der Waals surface area contributed by atoms with E-state index in [-0.39, 0.29) is 18.1 Å². The summed E-state index contributed by atoms with van der Waals surface area (Å²) >= 11 is 1.42. The number of ether oxygens (including phenoxy) is 2. The van der Waals surface area contributed by atoms with Gasteiger partial charge in [0.05, 0.1) is 12.7 Å². The van der Waals surface area contributed by atoms with Crippen molar-refractivity contribution in [2.75, 3.05) is 12.4 Å². The lowest BCUT2D eigenvalue weighted by Crippen LogP contribution is -2.29. The first-order valence-electron chi connectivity index (χ1n) is 4.44. The van der Waals surface area contributed by atoms with Crippen LogP contribution in [-0.4, -0.2) is 24.6 Å². The van der Waals surface area contributed by atoms with Crippen molar-refractivity contribution in [3.8, 4) is 6.07 Å². The molecule has 5 heteroatoms. The normalized spacial score (nSPS) is 22.0. The Morgan fingerprint density at radius 3 is 3.00 bits per heavy atom. The summed E-state index contributed by atoms with van der Waals surface area (Å²) in [5, 5.41) is 8.65. The van der Waals surface area contributed by atoms with Gasteiger partial charge in [0.2, 0.25) is 5.88 Å². The Kier molecular flexibility index (Phi) is 4.11. The molecule has 14 heavy (non-hydrogen) atoms. The maximum absolute atomic E-state index is 8.65. The van der Waals surface area contributed by atoms with Crippen molar-refractivity contribution in [2.45, 2.75) is 26.1 Å². The minimum absolute atomic E-state index is 0.0421. The van der Waals surface area contributed by atoms with Crippen molar-refractivity contribution < 1.29 is 9.47 Å². The van der Waals surface area contributed by atoms with Crippen LogP contribution in [0, 0.1) is 11.3 Å². The lowest BCUT2D eigenvalue weighted by molar-refractivity contribution is -0.00162. The lowest BCUT2D eigenvalue weighted by Gasteiger charge is -2.24. The molecule has 0 saturated carbocycles. The standard InChI is InChI=1S/C9H14N2O2S/c1-6(2)12-4-7-5-14-8(3-10)9(11)13-7/h6-7H,4-5,11H2,1-2H3. The summed E-state index contributed by atoms with van der Waals surface area (Å²) in [6.07, 6.45) is 0.144. The Morgan fingerprint density at radius 1 is 1.79 bits per heavy atom. The molecule has 1 atom stereocenters. The average molecular weight is 214 g/mol. The zero-order valence-corrected chi connectivity index (χ0v) is 9.13. The van der Waals surface area contributed by atoms with Crippen molar-refractivity contribution in [1.29, 1.82) is 5.26 Å². The number of allylic oxidation sites excluding steroid dienone is 1. The SMILES string of the molecule is CC(C)OCC1CSC(C#N)=C(N)O1. The van der Waals surface area contributed by atoms with Gasteiger partial charge in [-0.2, -0.15) is 5.26 Å². The highest BCUT2D eigenvalue weighted by Gasteiger charge is 2.21. The third-order valence-electron chi connectivity index (χ3n) is 1.65. The van der Waals surface area contributed by atoms with Crippen LogP contribution in [0.1, 0.15) is 13.8 Å². The summed E-state index contributed by atoms with van der Waals surface area (Å²) in [7, 11) is 0. The van der Waals surface area contributed by atoms with Gasteiger partial charge in [-0.15, -0.1) is 11.8 Å². The van der Waals surface area contributed by atoms with Gasteiger partial charge < -0.3 is 15.2 Å². The zero-order valence-electron chi connectivity index (χ0n) is 8.32. The smallest absolute Gasteiger partial charge is 0.209 e. The van der Waals surface area contributed by atoms with Crippen molar-refractivity contribution in [1.82, 2.24) is 0 Å². The van der Waals surface area contributed by atoms with Crippen LogP contribution in [0.2, 0.25) is 0 Å². The van der Waals surface area contributed by atoms with Crippen molar-refractivity contribution >= 4 is 11.8 Å². The highest BCUT2D eigenvalue weighted by atomic mass is 32.2. The van der Waals surface area contributed by atoms with Crippen LogP contribution in [0.15, 0.2) is 10.8 Å². The van der Waals surface area contributed by atoms with Gasteiger partial charge in [0.15, 0.2) is 0 Å². The second-order valence-electron chi connectivity index (χ2n) is 3.24. The highest BCUT2D eigenvalue weighted by molar-refractivity contribution is 8.03. The second-order valence-corrected chi connectivity index (χ2v) is 4.27. The molecule has 0 bridgehead atoms. The van der Waals surface area contributed by atoms with Crippen LogP contribution in [0.4, 0.5) is 0 Å². The van der Waals surface area contributed by atoms with Crippen LogP contribution in [-0.2, 0) is 9.47 Å². The monoisotopic (exact) mass is 214 g/mol. The van der Waals surface area contributed by atoms with E-state index in [1.807, 2.05) is 19.9 Å². The molecule has 0 aliphatic carbocycles. The zero-order chi connectivity index (χ0) is 10.6. The minimum Gasteiger partial charge on any atom is -0.471 e. The number of nitrogens with zero attached hydrogens (tertiary/aromatic N) is 1. The molecule has 0 amide bonds. The first-order valence-corrected chi connectivity index (χ1v) is 5.43. The van der Waals surface area contributed by atoms with Gasteiger partial charge in [-0.1, -0.05) is 0 Å². The van der Waals surface area contributed by atoms with E-state index >= 15 is 0 Å². The Balaban J connectivity index is 2.41. The molecule has 1 heterocycles. The first kappa shape index (κ1) is 11.2. The first-order chi connectivity index (χ1) is 6.63. The Labute approximate surface area is 88.0 Å². The molecule has 1 unspecified atom stereocenters. The number of thioether (sulfide) groups is 1. The highest BCUT2D eigenvalue weighted by Crippen LogP contribution is 2.25. The van der Waals surface area contributed by atoms with E-state index in [1.54, 1.807) is 0 Å². The van der Waals surface area contributed by atoms with Crippen molar-refractivity contribution in [3.63, 3.8) is 0 Å². The fourth-order valence-corrected chi connectivity index (χ4v) is 1.76. The molecule has 78 valence electrons. The molecule has 0 spiro atoms. The lowest BCUT2D eigenvalue weighted by atomic mass is 10.4. The van der Waals surface area contributed by atoms with E-state index < -0.39 is 0 Å². The maximum atomic E-state index is 8.65. The molecule has 1 aliphatic rings. The molecule has 0 fully saturated rings. The summed E-state index contributed by atoms with van der Waals surface area (Å²) < 4.78 is 10.7. The van der Waals surface area contributed by atoms with Crippen LogP contribution >= 0.6 is 11.8 Å². The van der Waals surface area contributed by atoms with Gasteiger partial charge in [0, 0.05) is 5.75 Å². The van der Waals surface area contributed by atoms with Gasteiger partial charge >= 0.3 is 0 Å². The molecule has 4 nitrogen and oxygen atoms in total. The predicted molar refractivity (Wildman–Crippen MR) is 55.2 cm³/mol. The Hall–Kier alpha value is -0.860. The molecule has 0 aromatic carbocycles. The summed E-state index contributed by atoms with van der Waals surface area (Å²) in [5.74, 6) is 0.942. The fourth-order valence-electron chi connectivity index (χ4n) is 0.984. The molecule has 0 aromatic heterocycles. The summed E-state index contributed by atoms with van der Waals surface area (Å²) in [5.41, 5.74) is 5.54. The number of rotatable bonds is 3. The molecule has 0 saturated heterocycles. The molecule has 2 N–H and O–H groups in total. The molecular weight excluding hydrogens is 200 g/mol. The van der Waals surface area contributed by atoms with E-state index in [2.05, 4.69) is 0 Å². The van der Waals surface area contributed by atoms with E-state index in [0.717, 1.165) is 5.75 Å². The summed E-state index contributed by atoms with van der Waals surface area (Å²) in [6, 6.07) is 1.99. The van der Waals surface area contributed by atoms with Crippen molar-refractivity contribution in [2.24, 2.45) is 5.73 Å². The van der Waals surface area contributed by atoms with Crippen LogP contribution in [0.5, 0.6) is 0 Å². The van der Waals surface area contributed by atoms with E-state index in [4.69, 9.17) is 20.5 Å². The molecule has 1 rings (SSSR count). The van der Waals surface area contributed by atoms with E-state index in [1.165, 1.54) is 11.8 Å². The number of hydrogen-bond acceptors (Lipinski definition) is 5. The number of hydrogen-bond donors (Lipinski definition) is 1.